The predicted molar refractivity (Wildman–Crippen MR) is 85.6 cm³/mol. The molecule has 2 bridgehead atoms. The highest BCUT2D eigenvalue weighted by Gasteiger charge is 2.73. The van der Waals surface area contributed by atoms with Gasteiger partial charge in [-0.25, -0.2) is 0 Å². The Kier molecular flexibility index (Phi) is 2.43. The van der Waals surface area contributed by atoms with Gasteiger partial charge in [0.05, 0.1) is 18.1 Å². The number of fused-ring (bicyclic) bond motifs is 3. The Morgan fingerprint density at radius 3 is 2.32 bits per heavy atom. The van der Waals surface area contributed by atoms with Crippen molar-refractivity contribution in [3.05, 3.63) is 33.8 Å². The van der Waals surface area contributed by atoms with Crippen LogP contribution in [0, 0.1) is 32.9 Å². The molecule has 2 saturated carbocycles. The Morgan fingerprint density at radius 1 is 1.18 bits per heavy atom. The fraction of sp³-hybridized carbons (Fsp3) is 0.438. The second-order valence-corrected chi connectivity index (χ2v) is 7.66. The summed E-state index contributed by atoms with van der Waals surface area (Å²) in [5.41, 5.74) is 0.230. The molecule has 112 valence electrons. The van der Waals surface area contributed by atoms with E-state index in [0.717, 1.165) is 21.6 Å². The number of imide groups is 1. The molecule has 6 heteroatoms. The molecule has 4 atom stereocenters. The number of furan rings is 1. The number of hydrazone groups is 1. The highest BCUT2D eigenvalue weighted by atomic mass is 127. The lowest BCUT2D eigenvalue weighted by atomic mass is 9.85. The van der Waals surface area contributed by atoms with E-state index < -0.39 is 0 Å². The van der Waals surface area contributed by atoms with Crippen molar-refractivity contribution in [1.82, 2.24) is 5.01 Å². The number of hydrogen-bond acceptors (Lipinski definition) is 4. The van der Waals surface area contributed by atoms with E-state index in [0.29, 0.717) is 5.76 Å². The van der Waals surface area contributed by atoms with Crippen molar-refractivity contribution in [3.63, 3.8) is 0 Å². The van der Waals surface area contributed by atoms with Crippen molar-refractivity contribution < 1.29 is 14.0 Å². The van der Waals surface area contributed by atoms with Gasteiger partial charge in [-0.15, -0.1) is 0 Å². The van der Waals surface area contributed by atoms with Gasteiger partial charge < -0.3 is 4.42 Å². The molecule has 0 unspecified atom stereocenters. The summed E-state index contributed by atoms with van der Waals surface area (Å²) in [7, 11) is 0. The lowest BCUT2D eigenvalue weighted by Crippen LogP contribution is -2.30. The SMILES string of the molecule is O=C1[C@@H]2[C@H](C(=O)N1/N=C\c1ccc(I)o1)[C@@H]1C=C[C@H]2C12CC2. The standard InChI is InChI=1S/C16H13IN2O3/c17-11-4-1-8(22-11)7-18-19-14(20)12-9-2-3-10(13(12)15(19)21)16(9)5-6-16/h1-4,7,9-10,12-13H,5-6H2/b18-7-/t9-,10+,12+,13-. The minimum atomic E-state index is -0.195. The summed E-state index contributed by atoms with van der Waals surface area (Å²) in [6.07, 6.45) is 8.06. The lowest BCUT2D eigenvalue weighted by Gasteiger charge is -2.18. The first-order chi connectivity index (χ1) is 10.6. The molecule has 1 saturated heterocycles. The quantitative estimate of drug-likeness (QED) is 0.327. The molecule has 1 spiro atoms. The van der Waals surface area contributed by atoms with Crippen molar-refractivity contribution in [2.75, 3.05) is 0 Å². The third-order valence-electron chi connectivity index (χ3n) is 5.72. The molecule has 4 aliphatic rings. The zero-order valence-corrected chi connectivity index (χ0v) is 13.8. The van der Waals surface area contributed by atoms with E-state index in [-0.39, 0.29) is 40.9 Å². The van der Waals surface area contributed by atoms with E-state index in [2.05, 4.69) is 39.8 Å². The molecule has 3 aliphatic carbocycles. The number of rotatable bonds is 2. The first-order valence-electron chi connectivity index (χ1n) is 7.47. The summed E-state index contributed by atoms with van der Waals surface area (Å²) in [6.45, 7) is 0. The largest absolute Gasteiger partial charge is 0.449 e. The van der Waals surface area contributed by atoms with Crippen molar-refractivity contribution >= 4 is 40.6 Å². The van der Waals surface area contributed by atoms with Crippen LogP contribution in [0.1, 0.15) is 18.6 Å². The van der Waals surface area contributed by atoms with Crippen LogP contribution in [0.25, 0.3) is 0 Å². The molecule has 5 rings (SSSR count). The van der Waals surface area contributed by atoms with E-state index in [1.54, 1.807) is 6.07 Å². The summed E-state index contributed by atoms with van der Waals surface area (Å²) >= 11 is 2.06. The molecular formula is C16H13IN2O3. The Morgan fingerprint density at radius 2 is 1.82 bits per heavy atom. The Hall–Kier alpha value is -1.44. The van der Waals surface area contributed by atoms with Crippen LogP contribution in [-0.2, 0) is 9.59 Å². The van der Waals surface area contributed by atoms with E-state index in [4.69, 9.17) is 4.42 Å². The Bertz CT molecular complexity index is 727. The molecule has 0 aromatic carbocycles. The van der Waals surface area contributed by atoms with Crippen LogP contribution in [0.5, 0.6) is 0 Å². The van der Waals surface area contributed by atoms with Crippen LogP contribution in [-0.4, -0.2) is 23.0 Å². The van der Waals surface area contributed by atoms with Gasteiger partial charge in [0, 0.05) is 0 Å². The molecule has 2 amide bonds. The number of carbonyl (C=O) groups excluding carboxylic acids is 2. The Labute approximate surface area is 140 Å². The average molecular weight is 408 g/mol. The average Bonchev–Trinajstić information content (AvgIpc) is 2.87. The number of allylic oxidation sites excluding steroid dienone is 2. The third kappa shape index (κ3) is 1.46. The predicted octanol–water partition coefficient (Wildman–Crippen LogP) is 2.42. The van der Waals surface area contributed by atoms with Gasteiger partial charge in [0.25, 0.3) is 11.8 Å². The summed E-state index contributed by atoms with van der Waals surface area (Å²) in [4.78, 5) is 25.3. The van der Waals surface area contributed by atoms with Gasteiger partial charge in [-0.05, 0) is 64.8 Å². The lowest BCUT2D eigenvalue weighted by molar-refractivity contribution is -0.141. The highest BCUT2D eigenvalue weighted by molar-refractivity contribution is 14.1. The van der Waals surface area contributed by atoms with Crippen LogP contribution >= 0.6 is 22.6 Å². The maximum atomic E-state index is 12.7. The van der Waals surface area contributed by atoms with Crippen molar-refractivity contribution in [2.45, 2.75) is 12.8 Å². The molecule has 3 fully saturated rings. The molecule has 0 radical (unpaired) electrons. The van der Waals surface area contributed by atoms with E-state index in [9.17, 15) is 9.59 Å². The van der Waals surface area contributed by atoms with Gasteiger partial charge in [0.15, 0.2) is 3.77 Å². The minimum absolute atomic E-state index is 0.143. The highest BCUT2D eigenvalue weighted by Crippen LogP contribution is 2.73. The van der Waals surface area contributed by atoms with Crippen LogP contribution in [0.15, 0.2) is 33.8 Å². The number of halogens is 1. The van der Waals surface area contributed by atoms with Crippen LogP contribution in [0.2, 0.25) is 0 Å². The summed E-state index contributed by atoms with van der Waals surface area (Å²) < 4.78 is 6.12. The first-order valence-corrected chi connectivity index (χ1v) is 8.55. The van der Waals surface area contributed by atoms with Gasteiger partial charge in [-0.2, -0.15) is 10.1 Å². The van der Waals surface area contributed by atoms with Crippen LogP contribution in [0.3, 0.4) is 0 Å². The zero-order valence-electron chi connectivity index (χ0n) is 11.6. The summed E-state index contributed by atoms with van der Waals surface area (Å²) in [6, 6.07) is 3.58. The molecule has 22 heavy (non-hydrogen) atoms. The molecule has 0 N–H and O–H groups in total. The second-order valence-electron chi connectivity index (χ2n) is 6.60. The van der Waals surface area contributed by atoms with E-state index in [1.807, 2.05) is 6.07 Å². The maximum absolute atomic E-state index is 12.7. The van der Waals surface area contributed by atoms with Crippen LogP contribution < -0.4 is 0 Å². The number of nitrogens with zero attached hydrogens (tertiary/aromatic N) is 2. The van der Waals surface area contributed by atoms with Crippen molar-refractivity contribution in [1.29, 1.82) is 0 Å². The van der Waals surface area contributed by atoms with E-state index in [1.165, 1.54) is 6.21 Å². The fourth-order valence-corrected chi connectivity index (χ4v) is 5.12. The monoisotopic (exact) mass is 408 g/mol. The van der Waals surface area contributed by atoms with Gasteiger partial charge in [0.2, 0.25) is 0 Å². The molecular weight excluding hydrogens is 395 g/mol. The van der Waals surface area contributed by atoms with Gasteiger partial charge in [0.1, 0.15) is 5.76 Å². The van der Waals surface area contributed by atoms with Gasteiger partial charge in [-0.1, -0.05) is 12.2 Å². The second kappa shape index (κ2) is 4.10. The fourth-order valence-electron chi connectivity index (χ4n) is 4.69. The number of amides is 2. The van der Waals surface area contributed by atoms with Crippen LogP contribution in [0.4, 0.5) is 0 Å². The maximum Gasteiger partial charge on any atom is 0.254 e. The minimum Gasteiger partial charge on any atom is -0.449 e. The topological polar surface area (TPSA) is 62.9 Å². The van der Waals surface area contributed by atoms with E-state index >= 15 is 0 Å². The van der Waals surface area contributed by atoms with Crippen molar-refractivity contribution in [2.24, 2.45) is 34.2 Å². The third-order valence-corrected chi connectivity index (χ3v) is 6.30. The summed E-state index contributed by atoms with van der Waals surface area (Å²) in [5, 5.41) is 5.16. The molecule has 5 nitrogen and oxygen atoms in total. The number of carbonyl (C=O) groups is 2. The zero-order chi connectivity index (χ0) is 15.1. The molecule has 1 aromatic rings. The van der Waals surface area contributed by atoms with Gasteiger partial charge in [-0.3, -0.25) is 9.59 Å². The molecule has 2 heterocycles. The number of hydrogen-bond donors (Lipinski definition) is 0. The Balaban J connectivity index is 1.45. The summed E-state index contributed by atoms with van der Waals surface area (Å²) in [5.74, 6) is 0.346. The normalized spacial score (nSPS) is 37.0. The molecule has 1 aromatic heterocycles. The smallest absolute Gasteiger partial charge is 0.254 e. The van der Waals surface area contributed by atoms with Gasteiger partial charge >= 0.3 is 0 Å². The molecule has 1 aliphatic heterocycles. The van der Waals surface area contributed by atoms with Crippen molar-refractivity contribution in [3.8, 4) is 0 Å². The first kappa shape index (κ1) is 13.0.